The molecule has 2 unspecified atom stereocenters. The van der Waals surface area contributed by atoms with Crippen molar-refractivity contribution < 1.29 is 0 Å². The van der Waals surface area contributed by atoms with Crippen LogP contribution in [0.4, 0.5) is 0 Å². The summed E-state index contributed by atoms with van der Waals surface area (Å²) < 4.78 is 2.00. The fourth-order valence-electron chi connectivity index (χ4n) is 2.55. The van der Waals surface area contributed by atoms with Crippen molar-refractivity contribution in [2.24, 2.45) is 7.05 Å². The van der Waals surface area contributed by atoms with Crippen molar-refractivity contribution in [3.8, 4) is 0 Å². The zero-order valence-electron chi connectivity index (χ0n) is 13.6. The van der Waals surface area contributed by atoms with E-state index in [2.05, 4.69) is 62.1 Å². The third-order valence-corrected chi connectivity index (χ3v) is 5.42. The van der Waals surface area contributed by atoms with Gasteiger partial charge in [0, 0.05) is 35.9 Å². The van der Waals surface area contributed by atoms with Gasteiger partial charge in [-0.25, -0.2) is 0 Å². The minimum absolute atomic E-state index is 0.493. The van der Waals surface area contributed by atoms with Gasteiger partial charge in [0.2, 0.25) is 0 Å². The lowest BCUT2D eigenvalue weighted by Crippen LogP contribution is -2.34. The van der Waals surface area contributed by atoms with Crippen molar-refractivity contribution in [2.45, 2.75) is 44.9 Å². The van der Waals surface area contributed by atoms with Gasteiger partial charge in [0.15, 0.2) is 0 Å². The molecule has 2 atom stereocenters. The summed E-state index contributed by atoms with van der Waals surface area (Å²) in [5, 5.41) is 10.4. The monoisotopic (exact) mass is 305 g/mol. The van der Waals surface area contributed by atoms with Gasteiger partial charge < -0.3 is 5.32 Å². The van der Waals surface area contributed by atoms with Crippen LogP contribution in [0.3, 0.4) is 0 Å². The van der Waals surface area contributed by atoms with Gasteiger partial charge in [-0.3, -0.25) is 4.68 Å². The molecule has 2 aromatic rings. The van der Waals surface area contributed by atoms with Crippen molar-refractivity contribution in [1.29, 1.82) is 0 Å². The maximum Gasteiger partial charge on any atom is 0.0719 e. The molecule has 0 aliphatic rings. The molecule has 4 heteroatoms. The Morgan fingerprint density at radius 3 is 2.76 bits per heavy atom. The topological polar surface area (TPSA) is 29.9 Å². The van der Waals surface area contributed by atoms with Crippen molar-refractivity contribution in [2.75, 3.05) is 12.3 Å². The van der Waals surface area contributed by atoms with E-state index in [1.54, 1.807) is 0 Å². The Hall–Kier alpha value is -1.00. The molecule has 0 saturated heterocycles. The summed E-state index contributed by atoms with van der Waals surface area (Å²) in [6.07, 6.45) is 2.23. The molecule has 1 N–H and O–H groups in total. The van der Waals surface area contributed by atoms with E-state index in [1.165, 1.54) is 23.0 Å². The predicted octanol–water partition coefficient (Wildman–Crippen LogP) is 3.63. The molecule has 2 rings (SSSR count). The second kappa shape index (κ2) is 7.85. The summed E-state index contributed by atoms with van der Waals surface area (Å²) in [5.41, 5.74) is 2.43. The highest BCUT2D eigenvalue weighted by molar-refractivity contribution is 7.99. The molecule has 1 aromatic carbocycles. The Morgan fingerprint density at radius 1 is 1.29 bits per heavy atom. The zero-order valence-corrected chi connectivity index (χ0v) is 14.4. The summed E-state index contributed by atoms with van der Waals surface area (Å²) in [6, 6.07) is 9.00. The van der Waals surface area contributed by atoms with E-state index >= 15 is 0 Å². The largest absolute Gasteiger partial charge is 0.313 e. The first kappa shape index (κ1) is 16.4. The van der Waals surface area contributed by atoms with Gasteiger partial charge in [0.1, 0.15) is 0 Å². The van der Waals surface area contributed by atoms with Gasteiger partial charge in [-0.15, -0.1) is 0 Å². The van der Waals surface area contributed by atoms with E-state index in [4.69, 9.17) is 5.10 Å². The third kappa shape index (κ3) is 4.24. The zero-order chi connectivity index (χ0) is 15.2. The molecule has 1 aromatic heterocycles. The number of likely N-dealkylation sites (N-methyl/N-ethyl adjacent to an activating group) is 1. The number of aryl methyl sites for hydroxylation is 1. The fraction of sp³-hybridized carbons (Fsp3) is 0.588. The van der Waals surface area contributed by atoms with Crippen LogP contribution in [-0.2, 0) is 13.5 Å². The van der Waals surface area contributed by atoms with E-state index in [9.17, 15) is 0 Å². The Labute approximate surface area is 132 Å². The Balaban J connectivity index is 2.11. The lowest BCUT2D eigenvalue weighted by molar-refractivity contribution is 0.562. The molecule has 0 spiro atoms. The van der Waals surface area contributed by atoms with Crippen LogP contribution in [0, 0.1) is 0 Å². The van der Waals surface area contributed by atoms with Crippen molar-refractivity contribution in [3.05, 3.63) is 30.0 Å². The molecule has 116 valence electrons. The standard InChI is InChI=1S/C17H27N3S/c1-5-13(3)21-12-14(18-6-2)11-16-15-9-7-8-10-17(15)20(4)19-16/h7-10,13-14,18H,5-6,11-12H2,1-4H3. The number of nitrogens with zero attached hydrogens (tertiary/aromatic N) is 2. The molecule has 1 heterocycles. The lowest BCUT2D eigenvalue weighted by Gasteiger charge is -2.18. The van der Waals surface area contributed by atoms with Crippen LogP contribution in [0.5, 0.6) is 0 Å². The Bertz CT molecular complexity index is 564. The molecule has 0 fully saturated rings. The second-order valence-electron chi connectivity index (χ2n) is 5.60. The first-order chi connectivity index (χ1) is 10.2. The van der Waals surface area contributed by atoms with Crippen molar-refractivity contribution >= 4 is 22.7 Å². The summed E-state index contributed by atoms with van der Waals surface area (Å²) >= 11 is 2.06. The summed E-state index contributed by atoms with van der Waals surface area (Å²) in [5.74, 6) is 1.15. The normalized spacial score (nSPS) is 14.5. The van der Waals surface area contributed by atoms with Gasteiger partial charge in [0.05, 0.1) is 11.2 Å². The van der Waals surface area contributed by atoms with E-state index in [1.807, 2.05) is 11.7 Å². The second-order valence-corrected chi connectivity index (χ2v) is 7.07. The molecule has 3 nitrogen and oxygen atoms in total. The van der Waals surface area contributed by atoms with Crippen LogP contribution in [0.25, 0.3) is 10.9 Å². The summed E-state index contributed by atoms with van der Waals surface area (Å²) in [4.78, 5) is 0. The number of rotatable bonds is 8. The predicted molar refractivity (Wildman–Crippen MR) is 94.1 cm³/mol. The Kier molecular flexibility index (Phi) is 6.12. The van der Waals surface area contributed by atoms with Gasteiger partial charge in [0.25, 0.3) is 0 Å². The third-order valence-electron chi connectivity index (χ3n) is 3.92. The highest BCUT2D eigenvalue weighted by Crippen LogP contribution is 2.21. The fourth-order valence-corrected chi connectivity index (χ4v) is 3.58. The molecule has 0 aliphatic carbocycles. The number of thioether (sulfide) groups is 1. The first-order valence-electron chi connectivity index (χ1n) is 7.91. The quantitative estimate of drug-likeness (QED) is 0.808. The van der Waals surface area contributed by atoms with Gasteiger partial charge >= 0.3 is 0 Å². The number of hydrogen-bond donors (Lipinski definition) is 1. The molecule has 0 aliphatic heterocycles. The minimum atomic E-state index is 0.493. The molecular weight excluding hydrogens is 278 g/mol. The lowest BCUT2D eigenvalue weighted by atomic mass is 10.1. The highest BCUT2D eigenvalue weighted by atomic mass is 32.2. The number of para-hydroxylation sites is 1. The number of fused-ring (bicyclic) bond motifs is 1. The average molecular weight is 305 g/mol. The average Bonchev–Trinajstić information content (AvgIpc) is 2.81. The molecule has 21 heavy (non-hydrogen) atoms. The summed E-state index contributed by atoms with van der Waals surface area (Å²) in [6.45, 7) is 7.75. The van der Waals surface area contributed by atoms with Crippen LogP contribution < -0.4 is 5.32 Å². The highest BCUT2D eigenvalue weighted by Gasteiger charge is 2.15. The van der Waals surface area contributed by atoms with E-state index in [0.29, 0.717) is 6.04 Å². The van der Waals surface area contributed by atoms with Gasteiger partial charge in [-0.2, -0.15) is 16.9 Å². The van der Waals surface area contributed by atoms with Crippen molar-refractivity contribution in [1.82, 2.24) is 15.1 Å². The van der Waals surface area contributed by atoms with Crippen LogP contribution in [-0.4, -0.2) is 33.4 Å². The maximum absolute atomic E-state index is 4.73. The van der Waals surface area contributed by atoms with Crippen LogP contribution in [0.2, 0.25) is 0 Å². The van der Waals surface area contributed by atoms with E-state index in [0.717, 1.165) is 24.0 Å². The SMILES string of the molecule is CCNC(CSC(C)CC)Cc1nn(C)c2ccccc12. The van der Waals surface area contributed by atoms with Gasteiger partial charge in [-0.05, 0) is 19.0 Å². The van der Waals surface area contributed by atoms with E-state index in [-0.39, 0.29) is 0 Å². The number of hydrogen-bond acceptors (Lipinski definition) is 3. The molecular formula is C17H27N3S. The first-order valence-corrected chi connectivity index (χ1v) is 8.96. The van der Waals surface area contributed by atoms with Gasteiger partial charge in [-0.1, -0.05) is 39.0 Å². The number of aromatic nitrogens is 2. The summed E-state index contributed by atoms with van der Waals surface area (Å²) in [7, 11) is 2.03. The molecule has 0 saturated carbocycles. The molecule has 0 bridgehead atoms. The molecule has 0 radical (unpaired) electrons. The Morgan fingerprint density at radius 2 is 2.05 bits per heavy atom. The van der Waals surface area contributed by atoms with Crippen molar-refractivity contribution in [3.63, 3.8) is 0 Å². The number of benzene rings is 1. The van der Waals surface area contributed by atoms with E-state index < -0.39 is 0 Å². The molecule has 0 amide bonds. The minimum Gasteiger partial charge on any atom is -0.313 e. The van der Waals surface area contributed by atoms with Crippen LogP contribution >= 0.6 is 11.8 Å². The van der Waals surface area contributed by atoms with Crippen LogP contribution in [0.15, 0.2) is 24.3 Å². The maximum atomic E-state index is 4.73. The van der Waals surface area contributed by atoms with Crippen LogP contribution in [0.1, 0.15) is 32.9 Å². The smallest absolute Gasteiger partial charge is 0.0719 e. The number of nitrogens with one attached hydrogen (secondary N) is 1.